The lowest BCUT2D eigenvalue weighted by Crippen LogP contribution is -2.37. The number of hydrogen-bond acceptors (Lipinski definition) is 3. The minimum atomic E-state index is -4.78. The monoisotopic (exact) mass is 342 g/mol. The highest BCUT2D eigenvalue weighted by molar-refractivity contribution is 5.92. The molecule has 0 fully saturated rings. The van der Waals surface area contributed by atoms with E-state index in [1.165, 1.54) is 33.4 Å². The number of halogens is 4. The first-order chi connectivity index (χ1) is 11.1. The zero-order valence-electron chi connectivity index (χ0n) is 13.1. The average molecular weight is 342 g/mol. The first kappa shape index (κ1) is 17.6. The molecular formula is C15H14F4N4O. The number of anilines is 1. The fourth-order valence-electron chi connectivity index (χ4n) is 2.05. The summed E-state index contributed by atoms with van der Waals surface area (Å²) in [4.78, 5) is 21.1. The van der Waals surface area contributed by atoms with Crippen LogP contribution in [-0.4, -0.2) is 42.0 Å². The molecule has 0 unspecified atom stereocenters. The lowest BCUT2D eigenvalue weighted by molar-refractivity contribution is -0.140. The van der Waals surface area contributed by atoms with E-state index in [4.69, 9.17) is 0 Å². The third-order valence-electron chi connectivity index (χ3n) is 3.17. The maximum Gasteiger partial charge on any atom is 0.435 e. The quantitative estimate of drug-likeness (QED) is 0.786. The molecule has 0 aliphatic carbocycles. The van der Waals surface area contributed by atoms with Crippen molar-refractivity contribution in [2.45, 2.75) is 6.18 Å². The van der Waals surface area contributed by atoms with Gasteiger partial charge in [0.2, 0.25) is 0 Å². The summed E-state index contributed by atoms with van der Waals surface area (Å²) in [5.74, 6) is -0.688. The number of carbonyl (C=O) groups excluding carboxylic acids is 1. The minimum absolute atomic E-state index is 0.0937. The fourth-order valence-corrected chi connectivity index (χ4v) is 2.05. The molecule has 0 N–H and O–H groups in total. The van der Waals surface area contributed by atoms with Crippen LogP contribution in [0.3, 0.4) is 0 Å². The van der Waals surface area contributed by atoms with Crippen LogP contribution in [0, 0.1) is 5.82 Å². The Balaban J connectivity index is 2.57. The number of aromatic nitrogens is 2. The number of hydrogen-bond donors (Lipinski definition) is 0. The van der Waals surface area contributed by atoms with Gasteiger partial charge in [-0.15, -0.1) is 0 Å². The molecule has 0 atom stereocenters. The van der Waals surface area contributed by atoms with Crippen molar-refractivity contribution < 1.29 is 22.4 Å². The Morgan fingerprint density at radius 1 is 1.12 bits per heavy atom. The zero-order chi connectivity index (χ0) is 18.1. The molecule has 9 heteroatoms. The molecule has 0 aliphatic rings. The third kappa shape index (κ3) is 3.61. The SMILES string of the molecule is CN(C)C(=O)N(C)c1ccc(-c2cncc(F)c2)nc1C(F)(F)F. The van der Waals surface area contributed by atoms with Gasteiger partial charge in [-0.25, -0.2) is 14.2 Å². The maximum absolute atomic E-state index is 13.3. The van der Waals surface area contributed by atoms with E-state index in [0.29, 0.717) is 0 Å². The molecule has 24 heavy (non-hydrogen) atoms. The molecule has 2 aromatic rings. The van der Waals surface area contributed by atoms with Gasteiger partial charge < -0.3 is 4.90 Å². The smallest absolute Gasteiger partial charge is 0.330 e. The van der Waals surface area contributed by atoms with E-state index in [9.17, 15) is 22.4 Å². The van der Waals surface area contributed by atoms with Crippen LogP contribution in [0.2, 0.25) is 0 Å². The topological polar surface area (TPSA) is 49.3 Å². The van der Waals surface area contributed by atoms with E-state index in [1.807, 2.05) is 0 Å². The van der Waals surface area contributed by atoms with E-state index in [1.54, 1.807) is 0 Å². The Bertz CT molecular complexity index is 761. The van der Waals surface area contributed by atoms with Crippen molar-refractivity contribution in [1.82, 2.24) is 14.9 Å². The van der Waals surface area contributed by atoms with E-state index in [0.717, 1.165) is 28.1 Å². The zero-order valence-corrected chi connectivity index (χ0v) is 13.1. The molecule has 2 rings (SSSR count). The molecule has 0 saturated heterocycles. The highest BCUT2D eigenvalue weighted by Gasteiger charge is 2.38. The fraction of sp³-hybridized carbons (Fsp3) is 0.267. The lowest BCUT2D eigenvalue weighted by atomic mass is 10.1. The molecule has 5 nitrogen and oxygen atoms in total. The standard InChI is InChI=1S/C15H14F4N4O/c1-22(2)14(24)23(3)12-5-4-11(21-13(12)15(17,18)19)9-6-10(16)8-20-7-9/h4-8H,1-3H3. The molecule has 0 radical (unpaired) electrons. The van der Waals surface area contributed by atoms with Gasteiger partial charge in [-0.2, -0.15) is 13.2 Å². The van der Waals surface area contributed by atoms with Crippen molar-refractivity contribution in [3.63, 3.8) is 0 Å². The van der Waals surface area contributed by atoms with Crippen LogP contribution in [0.1, 0.15) is 5.69 Å². The van der Waals surface area contributed by atoms with Crippen LogP contribution in [0.5, 0.6) is 0 Å². The summed E-state index contributed by atoms with van der Waals surface area (Å²) in [6, 6.07) is 2.80. The Labute approximate surface area is 135 Å². The van der Waals surface area contributed by atoms with Crippen LogP contribution in [-0.2, 0) is 6.18 Å². The van der Waals surface area contributed by atoms with Gasteiger partial charge in [-0.05, 0) is 18.2 Å². The van der Waals surface area contributed by atoms with Gasteiger partial charge in [0.15, 0.2) is 5.69 Å². The summed E-state index contributed by atoms with van der Waals surface area (Å²) in [7, 11) is 4.07. The minimum Gasteiger partial charge on any atom is -0.330 e. The van der Waals surface area contributed by atoms with Gasteiger partial charge in [0.1, 0.15) is 5.82 Å². The average Bonchev–Trinajstić information content (AvgIpc) is 2.52. The van der Waals surface area contributed by atoms with E-state index < -0.39 is 29.4 Å². The van der Waals surface area contributed by atoms with Crippen LogP contribution >= 0.6 is 0 Å². The second-order valence-electron chi connectivity index (χ2n) is 5.19. The first-order valence-electron chi connectivity index (χ1n) is 6.75. The summed E-state index contributed by atoms with van der Waals surface area (Å²) in [5.41, 5.74) is -1.62. The second-order valence-corrected chi connectivity index (χ2v) is 5.19. The van der Waals surface area contributed by atoms with Gasteiger partial charge in [0.05, 0.1) is 17.6 Å². The van der Waals surface area contributed by atoms with E-state index in [2.05, 4.69) is 9.97 Å². The molecule has 2 amide bonds. The molecule has 2 aromatic heterocycles. The van der Waals surface area contributed by atoms with Crippen LogP contribution in [0.25, 0.3) is 11.3 Å². The number of nitrogens with zero attached hydrogens (tertiary/aromatic N) is 4. The van der Waals surface area contributed by atoms with Crippen LogP contribution in [0.15, 0.2) is 30.6 Å². The predicted octanol–water partition coefficient (Wildman–Crippen LogP) is 3.42. The number of amides is 2. The summed E-state index contributed by atoms with van der Waals surface area (Å²) in [6.07, 6.45) is -2.64. The van der Waals surface area contributed by atoms with Crippen molar-refractivity contribution in [1.29, 1.82) is 0 Å². The summed E-state index contributed by atoms with van der Waals surface area (Å²) < 4.78 is 53.3. The number of carbonyl (C=O) groups is 1. The van der Waals surface area contributed by atoms with Crippen molar-refractivity contribution in [2.75, 3.05) is 26.0 Å². The van der Waals surface area contributed by atoms with Gasteiger partial charge in [-0.3, -0.25) is 9.88 Å². The van der Waals surface area contributed by atoms with Gasteiger partial charge in [0.25, 0.3) is 0 Å². The molecular weight excluding hydrogens is 328 g/mol. The number of alkyl halides is 3. The largest absolute Gasteiger partial charge is 0.435 e. The first-order valence-corrected chi connectivity index (χ1v) is 6.75. The predicted molar refractivity (Wildman–Crippen MR) is 79.9 cm³/mol. The van der Waals surface area contributed by atoms with Gasteiger partial charge >= 0.3 is 12.2 Å². The van der Waals surface area contributed by atoms with Gasteiger partial charge in [-0.1, -0.05) is 0 Å². The molecule has 0 saturated carbocycles. The summed E-state index contributed by atoms with van der Waals surface area (Å²) >= 11 is 0. The molecule has 0 aromatic carbocycles. The van der Waals surface area contributed by atoms with Crippen molar-refractivity contribution in [2.24, 2.45) is 0 Å². The maximum atomic E-state index is 13.3. The molecule has 0 bridgehead atoms. The Morgan fingerprint density at radius 2 is 1.79 bits per heavy atom. The highest BCUT2D eigenvalue weighted by atomic mass is 19.4. The van der Waals surface area contributed by atoms with Gasteiger partial charge in [0, 0.05) is 32.9 Å². The van der Waals surface area contributed by atoms with Crippen molar-refractivity contribution in [3.05, 3.63) is 42.1 Å². The second kappa shape index (κ2) is 6.42. The van der Waals surface area contributed by atoms with Crippen molar-refractivity contribution in [3.8, 4) is 11.3 Å². The van der Waals surface area contributed by atoms with Crippen LogP contribution < -0.4 is 4.90 Å². The number of urea groups is 1. The van der Waals surface area contributed by atoms with E-state index in [-0.39, 0.29) is 11.3 Å². The Morgan fingerprint density at radius 3 is 2.33 bits per heavy atom. The number of rotatable bonds is 2. The van der Waals surface area contributed by atoms with Crippen molar-refractivity contribution >= 4 is 11.7 Å². The summed E-state index contributed by atoms with van der Waals surface area (Å²) in [6.45, 7) is 0. The molecule has 2 heterocycles. The van der Waals surface area contributed by atoms with E-state index >= 15 is 0 Å². The normalized spacial score (nSPS) is 11.3. The molecule has 0 aliphatic heterocycles. The third-order valence-corrected chi connectivity index (χ3v) is 3.17. The Kier molecular flexibility index (Phi) is 4.72. The van der Waals surface area contributed by atoms with Crippen LogP contribution in [0.4, 0.5) is 28.0 Å². The molecule has 128 valence electrons. The Hall–Kier alpha value is -2.71. The summed E-state index contributed by atoms with van der Waals surface area (Å²) in [5, 5.41) is 0. The highest BCUT2D eigenvalue weighted by Crippen LogP contribution is 2.36. The number of pyridine rings is 2. The lowest BCUT2D eigenvalue weighted by Gasteiger charge is -2.24. The molecule has 0 spiro atoms.